The highest BCUT2D eigenvalue weighted by Gasteiger charge is 2.16. The van der Waals surface area contributed by atoms with E-state index in [9.17, 15) is 4.79 Å². The Morgan fingerprint density at radius 1 is 1.35 bits per heavy atom. The van der Waals surface area contributed by atoms with Crippen LogP contribution in [0, 0.1) is 6.92 Å². The monoisotopic (exact) mass is 337 g/mol. The van der Waals surface area contributed by atoms with Gasteiger partial charge in [-0.1, -0.05) is 6.07 Å². The summed E-state index contributed by atoms with van der Waals surface area (Å²) in [4.78, 5) is 20.3. The molecule has 0 aliphatic carbocycles. The Morgan fingerprint density at radius 3 is 2.70 bits per heavy atom. The lowest BCUT2D eigenvalue weighted by Crippen LogP contribution is -2.44. The predicted molar refractivity (Wildman–Crippen MR) is 99.2 cm³/mol. The third kappa shape index (κ3) is 7.88. The summed E-state index contributed by atoms with van der Waals surface area (Å²) in [7, 11) is 1.72. The summed E-state index contributed by atoms with van der Waals surface area (Å²) in [6.07, 6.45) is 2.43. The first-order valence-electron chi connectivity index (χ1n) is 7.59. The van der Waals surface area contributed by atoms with E-state index in [0.717, 1.165) is 12.2 Å². The molecule has 0 saturated carbocycles. The molecule has 1 aromatic heterocycles. The molecule has 0 radical (unpaired) electrons. The van der Waals surface area contributed by atoms with Gasteiger partial charge in [-0.3, -0.25) is 9.79 Å². The van der Waals surface area contributed by atoms with Gasteiger partial charge in [0.25, 0.3) is 0 Å². The van der Waals surface area contributed by atoms with Gasteiger partial charge in [0.2, 0.25) is 5.91 Å². The molecule has 1 aromatic rings. The lowest BCUT2D eigenvalue weighted by atomic mass is 10.2. The molecular weight excluding hydrogens is 310 g/mol. The molecule has 0 aromatic carbocycles. The third-order valence-electron chi connectivity index (χ3n) is 3.26. The highest BCUT2D eigenvalue weighted by molar-refractivity contribution is 7.99. The number of anilines is 1. The fraction of sp³-hybridized carbons (Fsp3) is 0.562. The maximum atomic E-state index is 11.9. The smallest absolute Gasteiger partial charge is 0.227 e. The molecule has 0 aliphatic heterocycles. The number of rotatable bonds is 7. The maximum absolute atomic E-state index is 11.9. The van der Waals surface area contributed by atoms with Crippen LogP contribution < -0.4 is 16.0 Å². The molecule has 0 fully saturated rings. The zero-order chi connectivity index (χ0) is 17.3. The Bertz CT molecular complexity index is 545. The van der Waals surface area contributed by atoms with Crippen molar-refractivity contribution in [1.82, 2.24) is 15.6 Å². The van der Waals surface area contributed by atoms with E-state index in [1.807, 2.05) is 19.1 Å². The van der Waals surface area contributed by atoms with Gasteiger partial charge in [0.05, 0.1) is 0 Å². The Kier molecular flexibility index (Phi) is 7.88. The molecule has 23 heavy (non-hydrogen) atoms. The summed E-state index contributed by atoms with van der Waals surface area (Å²) in [5.41, 5.74) is 0.877. The lowest BCUT2D eigenvalue weighted by Gasteiger charge is -2.23. The van der Waals surface area contributed by atoms with Gasteiger partial charge in [-0.25, -0.2) is 4.98 Å². The minimum Gasteiger partial charge on any atom is -0.356 e. The van der Waals surface area contributed by atoms with Gasteiger partial charge in [-0.2, -0.15) is 11.8 Å². The van der Waals surface area contributed by atoms with Crippen LogP contribution in [0.3, 0.4) is 0 Å². The van der Waals surface area contributed by atoms with Crippen LogP contribution in [0.15, 0.2) is 23.2 Å². The van der Waals surface area contributed by atoms with Crippen molar-refractivity contribution in [1.29, 1.82) is 0 Å². The number of guanidine groups is 1. The van der Waals surface area contributed by atoms with Gasteiger partial charge in [0.15, 0.2) is 5.96 Å². The number of pyridine rings is 1. The van der Waals surface area contributed by atoms with Gasteiger partial charge >= 0.3 is 0 Å². The highest BCUT2D eigenvalue weighted by atomic mass is 32.2. The normalized spacial score (nSPS) is 12.0. The van der Waals surface area contributed by atoms with Crippen LogP contribution >= 0.6 is 11.8 Å². The van der Waals surface area contributed by atoms with Crippen molar-refractivity contribution >= 4 is 29.4 Å². The summed E-state index contributed by atoms with van der Waals surface area (Å²) in [5, 5.41) is 9.19. The van der Waals surface area contributed by atoms with Crippen molar-refractivity contribution in [3.63, 3.8) is 0 Å². The number of thioether (sulfide) groups is 1. The number of hydrogen-bond donors (Lipinski definition) is 3. The Balaban J connectivity index is 2.32. The van der Waals surface area contributed by atoms with Crippen molar-refractivity contribution in [2.24, 2.45) is 4.99 Å². The number of nitrogens with zero attached hydrogens (tertiary/aromatic N) is 2. The van der Waals surface area contributed by atoms with Gasteiger partial charge in [-0.15, -0.1) is 0 Å². The van der Waals surface area contributed by atoms with E-state index in [1.165, 1.54) is 0 Å². The van der Waals surface area contributed by atoms with Crippen LogP contribution in [0.25, 0.3) is 0 Å². The molecule has 0 spiro atoms. The molecule has 1 amide bonds. The third-order valence-corrected chi connectivity index (χ3v) is 4.51. The zero-order valence-corrected chi connectivity index (χ0v) is 15.4. The second-order valence-corrected chi connectivity index (χ2v) is 7.29. The van der Waals surface area contributed by atoms with Crippen LogP contribution in [0.5, 0.6) is 0 Å². The SMILES string of the molecule is CN=C(NCCC(=O)Nc1cccc(C)n1)NCC(C)(C)SC. The standard InChI is InChI=1S/C16H27N5OS/c1-12-7-6-8-13(20-12)21-14(22)9-10-18-15(17-4)19-11-16(2,3)23-5/h6-8H,9-11H2,1-5H3,(H2,17,18,19)(H,20,21,22). The first-order valence-corrected chi connectivity index (χ1v) is 8.82. The second kappa shape index (κ2) is 9.39. The van der Waals surface area contributed by atoms with Crippen LogP contribution in [0.4, 0.5) is 5.82 Å². The van der Waals surface area contributed by atoms with Crippen LogP contribution in [-0.4, -0.2) is 48.0 Å². The Morgan fingerprint density at radius 2 is 2.09 bits per heavy atom. The quantitative estimate of drug-likeness (QED) is 0.524. The predicted octanol–water partition coefficient (Wildman–Crippen LogP) is 2.03. The zero-order valence-electron chi connectivity index (χ0n) is 14.6. The Labute approximate surface area is 142 Å². The molecule has 0 aliphatic rings. The van der Waals surface area contributed by atoms with Crippen LogP contribution in [0.1, 0.15) is 26.0 Å². The number of aliphatic imine (C=N–C) groups is 1. The maximum Gasteiger partial charge on any atom is 0.227 e. The summed E-state index contributed by atoms with van der Waals surface area (Å²) >= 11 is 1.79. The molecule has 1 rings (SSSR count). The van der Waals surface area contributed by atoms with Crippen LogP contribution in [0.2, 0.25) is 0 Å². The molecular formula is C16H27N5OS. The van der Waals surface area contributed by atoms with Crippen molar-refractivity contribution in [2.45, 2.75) is 31.9 Å². The van der Waals surface area contributed by atoms with Crippen molar-refractivity contribution in [3.05, 3.63) is 23.9 Å². The van der Waals surface area contributed by atoms with E-state index in [0.29, 0.717) is 24.7 Å². The molecule has 0 unspecified atom stereocenters. The first-order chi connectivity index (χ1) is 10.9. The van der Waals surface area contributed by atoms with E-state index in [1.54, 1.807) is 24.9 Å². The van der Waals surface area contributed by atoms with E-state index < -0.39 is 0 Å². The van der Waals surface area contributed by atoms with Crippen molar-refractivity contribution < 1.29 is 4.79 Å². The fourth-order valence-electron chi connectivity index (χ4n) is 1.70. The summed E-state index contributed by atoms with van der Waals surface area (Å²) in [5.74, 6) is 1.21. The minimum absolute atomic E-state index is 0.0736. The molecule has 128 valence electrons. The molecule has 7 heteroatoms. The molecule has 0 bridgehead atoms. The van der Waals surface area contributed by atoms with Gasteiger partial charge in [0.1, 0.15) is 5.82 Å². The molecule has 6 nitrogen and oxygen atoms in total. The molecule has 3 N–H and O–H groups in total. The number of aromatic nitrogens is 1. The van der Waals surface area contributed by atoms with Gasteiger partial charge in [-0.05, 0) is 39.2 Å². The molecule has 1 heterocycles. The first kappa shape index (κ1) is 19.3. The number of hydrogen-bond acceptors (Lipinski definition) is 4. The highest BCUT2D eigenvalue weighted by Crippen LogP contribution is 2.19. The number of nitrogens with one attached hydrogen (secondary N) is 3. The van der Waals surface area contributed by atoms with E-state index in [2.05, 4.69) is 46.0 Å². The van der Waals surface area contributed by atoms with Crippen molar-refractivity contribution in [2.75, 3.05) is 31.7 Å². The number of amides is 1. The van der Waals surface area contributed by atoms with Gasteiger partial charge < -0.3 is 16.0 Å². The van der Waals surface area contributed by atoms with Crippen molar-refractivity contribution in [3.8, 4) is 0 Å². The average molecular weight is 337 g/mol. The Hall–Kier alpha value is -1.76. The lowest BCUT2D eigenvalue weighted by molar-refractivity contribution is -0.116. The fourth-order valence-corrected chi connectivity index (χ4v) is 1.92. The molecule has 0 atom stereocenters. The molecule has 0 saturated heterocycles. The summed E-state index contributed by atoms with van der Waals surface area (Å²) < 4.78 is 0.131. The van der Waals surface area contributed by atoms with Crippen LogP contribution in [-0.2, 0) is 4.79 Å². The second-order valence-electron chi connectivity index (χ2n) is 5.78. The largest absolute Gasteiger partial charge is 0.356 e. The minimum atomic E-state index is -0.0736. The van der Waals surface area contributed by atoms with E-state index >= 15 is 0 Å². The number of carbonyl (C=O) groups excluding carboxylic acids is 1. The van der Waals surface area contributed by atoms with E-state index in [4.69, 9.17) is 0 Å². The number of carbonyl (C=O) groups is 1. The average Bonchev–Trinajstić information content (AvgIpc) is 2.50. The number of aryl methyl sites for hydroxylation is 1. The topological polar surface area (TPSA) is 78.4 Å². The van der Waals surface area contributed by atoms with Gasteiger partial charge in [0, 0.05) is 37.0 Å². The van der Waals surface area contributed by atoms with E-state index in [-0.39, 0.29) is 10.7 Å². The summed E-state index contributed by atoms with van der Waals surface area (Å²) in [6.45, 7) is 7.54. The summed E-state index contributed by atoms with van der Waals surface area (Å²) in [6, 6.07) is 5.54.